The van der Waals surface area contributed by atoms with Crippen LogP contribution in [0.25, 0.3) is 0 Å². The van der Waals surface area contributed by atoms with E-state index in [-0.39, 0.29) is 11.6 Å². The lowest BCUT2D eigenvalue weighted by atomic mass is 10.0. The third kappa shape index (κ3) is 4.27. The van der Waals surface area contributed by atoms with Crippen molar-refractivity contribution in [3.05, 3.63) is 29.8 Å². The number of amides is 2. The fraction of sp³-hybridized carbons (Fsp3) is 0.529. The average molecular weight is 342 g/mol. The minimum Gasteiger partial charge on any atom is -0.355 e. The van der Waals surface area contributed by atoms with Crippen molar-refractivity contribution in [1.82, 2.24) is 5.32 Å². The maximum atomic E-state index is 12.7. The van der Waals surface area contributed by atoms with Crippen molar-refractivity contribution in [3.63, 3.8) is 0 Å². The molecule has 2 N–H and O–H groups in total. The molecule has 0 radical (unpaired) electrons. The number of hydrogen-bond donors (Lipinski definition) is 2. The molecule has 0 heterocycles. The third-order valence-corrected chi connectivity index (χ3v) is 4.13. The van der Waals surface area contributed by atoms with E-state index in [1.807, 2.05) is 6.92 Å². The summed E-state index contributed by atoms with van der Waals surface area (Å²) in [5, 5.41) is 5.18. The lowest BCUT2D eigenvalue weighted by Crippen LogP contribution is -2.40. The fourth-order valence-corrected chi connectivity index (χ4v) is 2.45. The lowest BCUT2D eigenvalue weighted by Gasteiger charge is -2.16. The summed E-state index contributed by atoms with van der Waals surface area (Å²) >= 11 is 0. The molecular weight excluding hydrogens is 321 g/mol. The van der Waals surface area contributed by atoms with Gasteiger partial charge in [0.15, 0.2) is 0 Å². The summed E-state index contributed by atoms with van der Waals surface area (Å²) in [6.07, 6.45) is -0.794. The molecule has 2 rings (SSSR count). The highest BCUT2D eigenvalue weighted by Crippen LogP contribution is 2.47. The summed E-state index contributed by atoms with van der Waals surface area (Å²) in [5.41, 5.74) is -1.94. The van der Waals surface area contributed by atoms with E-state index in [4.69, 9.17) is 0 Å². The Kier molecular flexibility index (Phi) is 5.51. The topological polar surface area (TPSA) is 58.2 Å². The number of carbonyl (C=O) groups excluding carboxylic acids is 2. The van der Waals surface area contributed by atoms with Crippen LogP contribution in [-0.2, 0) is 15.8 Å². The number of unbranched alkanes of at least 4 members (excludes halogenated alkanes) is 2. The molecule has 4 nitrogen and oxygen atoms in total. The van der Waals surface area contributed by atoms with Crippen LogP contribution in [0.15, 0.2) is 24.3 Å². The van der Waals surface area contributed by atoms with E-state index in [9.17, 15) is 22.8 Å². The molecule has 0 bridgehead atoms. The van der Waals surface area contributed by atoms with Crippen molar-refractivity contribution in [2.24, 2.45) is 5.41 Å². The number of benzene rings is 1. The normalized spacial score (nSPS) is 15.7. The summed E-state index contributed by atoms with van der Waals surface area (Å²) < 4.78 is 38.1. The summed E-state index contributed by atoms with van der Waals surface area (Å²) in [6, 6.07) is 4.40. The standard InChI is InChI=1S/C17H21F3N2O2/c1-2-3-4-10-21-14(23)16(8-9-16)15(24)22-13-7-5-6-12(11-13)17(18,19)20/h5-7,11H,2-4,8-10H2,1H3,(H,21,23)(H,22,24). The van der Waals surface area contributed by atoms with Gasteiger partial charge in [0.05, 0.1) is 5.56 Å². The molecule has 1 aromatic carbocycles. The number of alkyl halides is 3. The highest BCUT2D eigenvalue weighted by molar-refractivity contribution is 6.13. The molecule has 24 heavy (non-hydrogen) atoms. The number of halogens is 3. The number of nitrogens with one attached hydrogen (secondary N) is 2. The van der Waals surface area contributed by atoms with Crippen molar-refractivity contribution in [1.29, 1.82) is 0 Å². The van der Waals surface area contributed by atoms with E-state index >= 15 is 0 Å². The molecule has 132 valence electrons. The van der Waals surface area contributed by atoms with Gasteiger partial charge in [0.1, 0.15) is 5.41 Å². The van der Waals surface area contributed by atoms with Crippen LogP contribution in [0.1, 0.15) is 44.6 Å². The smallest absolute Gasteiger partial charge is 0.355 e. The number of rotatable bonds is 7. The molecule has 1 aromatic rings. The van der Waals surface area contributed by atoms with Crippen molar-refractivity contribution in [3.8, 4) is 0 Å². The van der Waals surface area contributed by atoms with Crippen molar-refractivity contribution in [2.45, 2.75) is 45.2 Å². The van der Waals surface area contributed by atoms with E-state index < -0.39 is 23.1 Å². The molecule has 0 atom stereocenters. The fourth-order valence-electron chi connectivity index (χ4n) is 2.45. The van der Waals surface area contributed by atoms with Crippen molar-refractivity contribution in [2.75, 3.05) is 11.9 Å². The first-order valence-electron chi connectivity index (χ1n) is 8.06. The second kappa shape index (κ2) is 7.23. The van der Waals surface area contributed by atoms with Gasteiger partial charge in [-0.15, -0.1) is 0 Å². The van der Waals surface area contributed by atoms with Crippen molar-refractivity contribution >= 4 is 17.5 Å². The zero-order valence-corrected chi connectivity index (χ0v) is 13.5. The maximum absolute atomic E-state index is 12.7. The minimum atomic E-state index is -4.48. The predicted octanol–water partition coefficient (Wildman–Crippen LogP) is 3.73. The highest BCUT2D eigenvalue weighted by atomic mass is 19.4. The second-order valence-electron chi connectivity index (χ2n) is 6.08. The van der Waals surface area contributed by atoms with E-state index in [2.05, 4.69) is 10.6 Å². The third-order valence-electron chi connectivity index (χ3n) is 4.13. The Morgan fingerprint density at radius 1 is 1.17 bits per heavy atom. The average Bonchev–Trinajstić information content (AvgIpc) is 3.33. The molecule has 0 aliphatic heterocycles. The van der Waals surface area contributed by atoms with Gasteiger partial charge in [-0.1, -0.05) is 25.8 Å². The minimum absolute atomic E-state index is 0.0416. The second-order valence-corrected chi connectivity index (χ2v) is 6.08. The van der Waals surface area contributed by atoms with Crippen LogP contribution in [0.2, 0.25) is 0 Å². The van der Waals surface area contributed by atoms with Gasteiger partial charge in [-0.05, 0) is 37.5 Å². The van der Waals surface area contributed by atoms with Gasteiger partial charge < -0.3 is 10.6 Å². The first-order valence-corrected chi connectivity index (χ1v) is 8.06. The molecule has 0 saturated heterocycles. The molecule has 1 aliphatic carbocycles. The quantitative estimate of drug-likeness (QED) is 0.586. The Hall–Kier alpha value is -2.05. The van der Waals surface area contributed by atoms with E-state index in [0.717, 1.165) is 31.4 Å². The number of hydrogen-bond acceptors (Lipinski definition) is 2. The zero-order chi connectivity index (χ0) is 17.8. The molecule has 2 amide bonds. The Morgan fingerprint density at radius 2 is 1.88 bits per heavy atom. The summed E-state index contributed by atoms with van der Waals surface area (Å²) in [4.78, 5) is 24.5. The number of anilines is 1. The first kappa shape index (κ1) is 18.3. The van der Waals surface area contributed by atoms with Gasteiger partial charge in [0.2, 0.25) is 11.8 Å². The molecule has 0 unspecified atom stereocenters. The van der Waals surface area contributed by atoms with Gasteiger partial charge in [-0.2, -0.15) is 13.2 Å². The van der Waals surface area contributed by atoms with Crippen LogP contribution in [0.5, 0.6) is 0 Å². The van der Waals surface area contributed by atoms with Crippen molar-refractivity contribution < 1.29 is 22.8 Å². The molecule has 7 heteroatoms. The molecule has 1 fully saturated rings. The molecule has 0 aromatic heterocycles. The number of carbonyl (C=O) groups is 2. The van der Waals surface area contributed by atoms with Crippen LogP contribution < -0.4 is 10.6 Å². The Labute approximate surface area is 138 Å². The Balaban J connectivity index is 1.98. The van der Waals surface area contributed by atoms with Crippen LogP contribution in [0.3, 0.4) is 0 Å². The SMILES string of the molecule is CCCCCNC(=O)C1(C(=O)Nc2cccc(C(F)(F)F)c2)CC1. The van der Waals surface area contributed by atoms with Gasteiger partial charge in [0.25, 0.3) is 0 Å². The zero-order valence-electron chi connectivity index (χ0n) is 13.5. The Bertz CT molecular complexity index is 610. The predicted molar refractivity (Wildman–Crippen MR) is 84.3 cm³/mol. The van der Waals surface area contributed by atoms with Gasteiger partial charge in [-0.3, -0.25) is 9.59 Å². The largest absolute Gasteiger partial charge is 0.416 e. The maximum Gasteiger partial charge on any atom is 0.416 e. The molecule has 1 saturated carbocycles. The first-order chi connectivity index (χ1) is 11.3. The van der Waals surface area contributed by atoms with Gasteiger partial charge >= 0.3 is 6.18 Å². The summed E-state index contributed by atoms with van der Waals surface area (Å²) in [5.74, 6) is -0.891. The lowest BCUT2D eigenvalue weighted by molar-refractivity contribution is -0.138. The van der Waals surface area contributed by atoms with E-state index in [1.54, 1.807) is 0 Å². The van der Waals surface area contributed by atoms with Gasteiger partial charge in [0, 0.05) is 12.2 Å². The van der Waals surface area contributed by atoms with Crippen LogP contribution in [-0.4, -0.2) is 18.4 Å². The van der Waals surface area contributed by atoms with E-state index in [0.29, 0.717) is 19.4 Å². The molecule has 0 spiro atoms. The monoisotopic (exact) mass is 342 g/mol. The van der Waals surface area contributed by atoms with Gasteiger partial charge in [-0.25, -0.2) is 0 Å². The molecular formula is C17H21F3N2O2. The summed E-state index contributed by atoms with van der Waals surface area (Å²) in [7, 11) is 0. The summed E-state index contributed by atoms with van der Waals surface area (Å²) in [6.45, 7) is 2.55. The molecule has 1 aliphatic rings. The van der Waals surface area contributed by atoms with Crippen LogP contribution in [0.4, 0.5) is 18.9 Å². The Morgan fingerprint density at radius 3 is 2.46 bits per heavy atom. The van der Waals surface area contributed by atoms with E-state index in [1.165, 1.54) is 12.1 Å². The van der Waals surface area contributed by atoms with Crippen LogP contribution in [0, 0.1) is 5.41 Å². The highest BCUT2D eigenvalue weighted by Gasteiger charge is 2.56. The van der Waals surface area contributed by atoms with Crippen LogP contribution >= 0.6 is 0 Å².